The monoisotopic (exact) mass is 328 g/mol. The van der Waals surface area contributed by atoms with E-state index < -0.39 is 0 Å². The van der Waals surface area contributed by atoms with Gasteiger partial charge in [-0.05, 0) is 35.9 Å². The Morgan fingerprint density at radius 3 is 2.83 bits per heavy atom. The van der Waals surface area contributed by atoms with Crippen LogP contribution < -0.4 is 4.74 Å². The van der Waals surface area contributed by atoms with E-state index in [1.165, 1.54) is 16.6 Å². The van der Waals surface area contributed by atoms with E-state index in [9.17, 15) is 4.39 Å². The maximum absolute atomic E-state index is 13.4. The molecule has 0 saturated carbocycles. The molecule has 0 aliphatic heterocycles. The van der Waals surface area contributed by atoms with Crippen LogP contribution in [0.1, 0.15) is 0 Å². The Bertz CT molecular complexity index is 1050. The molecule has 0 aliphatic carbocycles. The van der Waals surface area contributed by atoms with Gasteiger partial charge in [0.2, 0.25) is 5.28 Å². The lowest BCUT2D eigenvalue weighted by molar-refractivity contribution is 0.415. The van der Waals surface area contributed by atoms with E-state index in [-0.39, 0.29) is 11.1 Å². The first-order chi connectivity index (χ1) is 11.2. The summed E-state index contributed by atoms with van der Waals surface area (Å²) >= 11 is 6.15. The number of aromatic nitrogens is 4. The lowest BCUT2D eigenvalue weighted by Crippen LogP contribution is -1.95. The molecule has 0 fully saturated rings. The van der Waals surface area contributed by atoms with Crippen molar-refractivity contribution in [1.82, 2.24) is 19.6 Å². The first-order valence-electron chi connectivity index (χ1n) is 6.81. The van der Waals surface area contributed by atoms with Crippen molar-refractivity contribution in [1.29, 1.82) is 0 Å². The highest BCUT2D eigenvalue weighted by Crippen LogP contribution is 2.26. The minimum absolute atomic E-state index is 0.125. The van der Waals surface area contributed by atoms with Crippen LogP contribution in [0.2, 0.25) is 5.28 Å². The van der Waals surface area contributed by atoms with Crippen molar-refractivity contribution in [2.24, 2.45) is 0 Å². The molecule has 0 amide bonds. The number of ether oxygens (including phenoxy) is 1. The summed E-state index contributed by atoms with van der Waals surface area (Å²) in [5.41, 5.74) is 1.75. The number of hydrogen-bond acceptors (Lipinski definition) is 4. The second kappa shape index (κ2) is 5.17. The molecule has 0 atom stereocenters. The van der Waals surface area contributed by atoms with Crippen molar-refractivity contribution in [3.8, 4) is 17.1 Å². The molecule has 2 heterocycles. The van der Waals surface area contributed by atoms with Gasteiger partial charge in [0, 0.05) is 17.0 Å². The van der Waals surface area contributed by atoms with Crippen molar-refractivity contribution < 1.29 is 9.13 Å². The summed E-state index contributed by atoms with van der Waals surface area (Å²) in [6, 6.07) is 11.7. The summed E-state index contributed by atoms with van der Waals surface area (Å²) < 4.78 is 20.0. The van der Waals surface area contributed by atoms with Crippen LogP contribution >= 0.6 is 11.6 Å². The highest BCUT2D eigenvalue weighted by Gasteiger charge is 2.14. The van der Waals surface area contributed by atoms with Gasteiger partial charge in [0.15, 0.2) is 11.5 Å². The summed E-state index contributed by atoms with van der Waals surface area (Å²) in [5.74, 6) is 0.819. The second-order valence-corrected chi connectivity index (χ2v) is 5.28. The van der Waals surface area contributed by atoms with Crippen LogP contribution in [-0.2, 0) is 0 Å². The Hall–Kier alpha value is -2.73. The smallest absolute Gasteiger partial charge is 0.226 e. The standard InChI is InChI=1S/C16H10ClFN4O/c1-23-11-4-2-3-9(7-11)14-20-15-12-6-5-10(18)8-13(12)19-16(17)22(15)21-14/h2-8H,1H3. The molecule has 0 saturated heterocycles. The zero-order valence-corrected chi connectivity index (χ0v) is 12.8. The molecular formula is C16H10ClFN4O. The van der Waals surface area contributed by atoms with E-state index in [0.717, 1.165) is 5.56 Å². The van der Waals surface area contributed by atoms with Gasteiger partial charge < -0.3 is 4.74 Å². The second-order valence-electron chi connectivity index (χ2n) is 4.95. The molecule has 2 aromatic carbocycles. The minimum Gasteiger partial charge on any atom is -0.497 e. The Balaban J connectivity index is 2.00. The van der Waals surface area contributed by atoms with E-state index in [4.69, 9.17) is 16.3 Å². The molecule has 2 aromatic heterocycles. The highest BCUT2D eigenvalue weighted by molar-refractivity contribution is 6.29. The van der Waals surface area contributed by atoms with Crippen LogP contribution in [-0.4, -0.2) is 26.7 Å². The predicted molar refractivity (Wildman–Crippen MR) is 85.2 cm³/mol. The van der Waals surface area contributed by atoms with E-state index in [0.29, 0.717) is 28.1 Å². The van der Waals surface area contributed by atoms with Gasteiger partial charge in [-0.1, -0.05) is 12.1 Å². The fraction of sp³-hybridized carbons (Fsp3) is 0.0625. The number of fused-ring (bicyclic) bond motifs is 3. The van der Waals surface area contributed by atoms with Gasteiger partial charge in [0.25, 0.3) is 0 Å². The van der Waals surface area contributed by atoms with Crippen molar-refractivity contribution in [3.05, 3.63) is 53.6 Å². The lowest BCUT2D eigenvalue weighted by Gasteiger charge is -2.00. The SMILES string of the molecule is COc1cccc(-c2nc3c4ccc(F)cc4nc(Cl)n3n2)c1. The summed E-state index contributed by atoms with van der Waals surface area (Å²) in [7, 11) is 1.60. The average Bonchev–Trinajstić information content (AvgIpc) is 3.01. The third-order valence-electron chi connectivity index (χ3n) is 3.52. The molecule has 114 valence electrons. The van der Waals surface area contributed by atoms with Gasteiger partial charge in [0.05, 0.1) is 12.6 Å². The minimum atomic E-state index is -0.377. The Labute approximate surface area is 135 Å². The molecule has 0 unspecified atom stereocenters. The highest BCUT2D eigenvalue weighted by atomic mass is 35.5. The predicted octanol–water partition coefficient (Wildman–Crippen LogP) is 3.75. The van der Waals surface area contributed by atoms with Crippen LogP contribution in [0, 0.1) is 5.82 Å². The van der Waals surface area contributed by atoms with Crippen LogP contribution in [0.4, 0.5) is 4.39 Å². The van der Waals surface area contributed by atoms with E-state index in [2.05, 4.69) is 15.1 Å². The maximum Gasteiger partial charge on any atom is 0.226 e. The number of nitrogens with zero attached hydrogens (tertiary/aromatic N) is 4. The summed E-state index contributed by atoms with van der Waals surface area (Å²) in [6.07, 6.45) is 0. The molecule has 0 aliphatic rings. The van der Waals surface area contributed by atoms with E-state index >= 15 is 0 Å². The van der Waals surface area contributed by atoms with Crippen LogP contribution in [0.15, 0.2) is 42.5 Å². The van der Waals surface area contributed by atoms with Crippen LogP contribution in [0.3, 0.4) is 0 Å². The molecule has 23 heavy (non-hydrogen) atoms. The lowest BCUT2D eigenvalue weighted by atomic mass is 10.2. The third kappa shape index (κ3) is 2.27. The van der Waals surface area contributed by atoms with Gasteiger partial charge >= 0.3 is 0 Å². The van der Waals surface area contributed by atoms with Crippen molar-refractivity contribution in [2.45, 2.75) is 0 Å². The van der Waals surface area contributed by atoms with E-state index in [1.54, 1.807) is 13.2 Å². The topological polar surface area (TPSA) is 52.3 Å². The van der Waals surface area contributed by atoms with Gasteiger partial charge in [-0.25, -0.2) is 14.4 Å². The van der Waals surface area contributed by atoms with E-state index in [1.807, 2.05) is 24.3 Å². The Morgan fingerprint density at radius 1 is 1.13 bits per heavy atom. The van der Waals surface area contributed by atoms with Gasteiger partial charge in [-0.2, -0.15) is 4.52 Å². The molecule has 0 bridgehead atoms. The van der Waals surface area contributed by atoms with Crippen molar-refractivity contribution >= 4 is 28.2 Å². The molecule has 5 nitrogen and oxygen atoms in total. The Morgan fingerprint density at radius 2 is 2.00 bits per heavy atom. The first-order valence-corrected chi connectivity index (χ1v) is 7.19. The number of benzene rings is 2. The van der Waals surface area contributed by atoms with Crippen molar-refractivity contribution in [2.75, 3.05) is 7.11 Å². The fourth-order valence-corrected chi connectivity index (χ4v) is 2.64. The number of methoxy groups -OCH3 is 1. The largest absolute Gasteiger partial charge is 0.497 e. The van der Waals surface area contributed by atoms with Gasteiger partial charge in [-0.3, -0.25) is 0 Å². The summed E-state index contributed by atoms with van der Waals surface area (Å²) in [6.45, 7) is 0. The molecule has 4 aromatic rings. The zero-order valence-electron chi connectivity index (χ0n) is 12.0. The van der Waals surface area contributed by atoms with Crippen LogP contribution in [0.25, 0.3) is 27.9 Å². The fourth-order valence-electron chi connectivity index (χ4n) is 2.43. The normalized spacial score (nSPS) is 11.3. The van der Waals surface area contributed by atoms with Gasteiger partial charge in [-0.15, -0.1) is 5.10 Å². The molecule has 0 spiro atoms. The first kappa shape index (κ1) is 13.9. The number of halogens is 2. The van der Waals surface area contributed by atoms with Crippen molar-refractivity contribution in [3.63, 3.8) is 0 Å². The third-order valence-corrected chi connectivity index (χ3v) is 3.77. The summed E-state index contributed by atoms with van der Waals surface area (Å²) in [5, 5.41) is 5.20. The molecular weight excluding hydrogens is 319 g/mol. The molecule has 0 N–H and O–H groups in total. The number of hydrogen-bond donors (Lipinski definition) is 0. The molecule has 4 rings (SSSR count). The Kier molecular flexibility index (Phi) is 3.12. The molecule has 0 radical (unpaired) electrons. The maximum atomic E-state index is 13.4. The average molecular weight is 329 g/mol. The summed E-state index contributed by atoms with van der Waals surface area (Å²) in [4.78, 5) is 8.69. The molecule has 7 heteroatoms. The van der Waals surface area contributed by atoms with Crippen LogP contribution in [0.5, 0.6) is 5.75 Å². The van der Waals surface area contributed by atoms with Gasteiger partial charge in [0.1, 0.15) is 11.6 Å². The quantitative estimate of drug-likeness (QED) is 0.526. The zero-order chi connectivity index (χ0) is 16.0. The number of rotatable bonds is 2.